The maximum Gasteiger partial charge on any atom is 0.264 e. The molecule has 1 fully saturated rings. The lowest BCUT2D eigenvalue weighted by atomic mass is 10.1. The molecule has 2 amide bonds. The van der Waals surface area contributed by atoms with Crippen LogP contribution < -0.4 is 10.2 Å². The summed E-state index contributed by atoms with van der Waals surface area (Å²) in [7, 11) is 0. The van der Waals surface area contributed by atoms with Crippen LogP contribution in [0.2, 0.25) is 0 Å². The summed E-state index contributed by atoms with van der Waals surface area (Å²) in [6.07, 6.45) is 0. The Kier molecular flexibility index (Phi) is 3.94. The first-order valence-electron chi connectivity index (χ1n) is 7.79. The van der Waals surface area contributed by atoms with Gasteiger partial charge in [-0.15, -0.1) is 0 Å². The lowest BCUT2D eigenvalue weighted by Crippen LogP contribution is -2.26. The van der Waals surface area contributed by atoms with Crippen molar-refractivity contribution in [2.75, 3.05) is 4.90 Å². The van der Waals surface area contributed by atoms with Crippen molar-refractivity contribution in [3.63, 3.8) is 0 Å². The van der Waals surface area contributed by atoms with E-state index >= 15 is 0 Å². The summed E-state index contributed by atoms with van der Waals surface area (Å²) < 4.78 is 0.384. The highest BCUT2D eigenvalue weighted by Gasteiger charge is 2.38. The lowest BCUT2D eigenvalue weighted by molar-refractivity contribution is -0.116. The van der Waals surface area contributed by atoms with E-state index in [9.17, 15) is 9.59 Å². The van der Waals surface area contributed by atoms with Crippen LogP contribution in [0.1, 0.15) is 16.7 Å². The third kappa shape index (κ3) is 2.77. The smallest absolute Gasteiger partial charge is 0.264 e. The Morgan fingerprint density at radius 1 is 1.08 bits per heavy atom. The van der Waals surface area contributed by atoms with Crippen LogP contribution in [-0.4, -0.2) is 16.1 Å². The molecule has 1 N–H and O–H groups in total. The zero-order chi connectivity index (χ0) is 17.6. The van der Waals surface area contributed by atoms with Crippen molar-refractivity contribution >= 4 is 51.4 Å². The first kappa shape index (κ1) is 16.1. The zero-order valence-electron chi connectivity index (χ0n) is 13.4. The molecule has 2 aliphatic rings. The highest BCUT2D eigenvalue weighted by Crippen LogP contribution is 2.43. The number of amides is 2. The molecular weight excluding hydrogens is 352 g/mol. The summed E-state index contributed by atoms with van der Waals surface area (Å²) in [6.45, 7) is 2.49. The van der Waals surface area contributed by atoms with Gasteiger partial charge in [0.1, 0.15) is 4.32 Å². The summed E-state index contributed by atoms with van der Waals surface area (Å²) in [4.78, 5) is 27.4. The largest absolute Gasteiger partial charge is 0.307 e. The Bertz CT molecular complexity index is 948. The van der Waals surface area contributed by atoms with E-state index in [2.05, 4.69) is 5.32 Å². The SMILES string of the molecule is Cc1ccc(CN2C(=O)C(=C3SC(=S)NC3=O)c3ccccc32)cc1. The van der Waals surface area contributed by atoms with Crippen molar-refractivity contribution in [3.8, 4) is 0 Å². The first-order chi connectivity index (χ1) is 12.0. The molecule has 2 aromatic rings. The third-order valence-electron chi connectivity index (χ3n) is 4.23. The molecule has 0 bridgehead atoms. The van der Waals surface area contributed by atoms with Crippen LogP contribution in [0.25, 0.3) is 5.57 Å². The number of hydrogen-bond acceptors (Lipinski definition) is 4. The van der Waals surface area contributed by atoms with E-state index in [0.717, 1.165) is 28.6 Å². The Morgan fingerprint density at radius 2 is 1.80 bits per heavy atom. The topological polar surface area (TPSA) is 49.4 Å². The minimum Gasteiger partial charge on any atom is -0.307 e. The number of nitrogens with one attached hydrogen (secondary N) is 1. The molecule has 2 aromatic carbocycles. The number of para-hydroxylation sites is 1. The number of thioether (sulfide) groups is 1. The molecule has 25 heavy (non-hydrogen) atoms. The molecule has 0 aliphatic carbocycles. The van der Waals surface area contributed by atoms with E-state index in [1.807, 2.05) is 55.5 Å². The van der Waals surface area contributed by atoms with Gasteiger partial charge in [-0.25, -0.2) is 0 Å². The molecule has 0 spiro atoms. The van der Waals surface area contributed by atoms with Crippen LogP contribution in [0.15, 0.2) is 53.4 Å². The number of fused-ring (bicyclic) bond motifs is 1. The summed E-state index contributed by atoms with van der Waals surface area (Å²) in [5.74, 6) is -0.463. The molecule has 1 saturated heterocycles. The zero-order valence-corrected chi connectivity index (χ0v) is 15.0. The lowest BCUT2D eigenvalue weighted by Gasteiger charge is -2.17. The Hall–Kier alpha value is -2.44. The van der Waals surface area contributed by atoms with Crippen LogP contribution >= 0.6 is 24.0 Å². The van der Waals surface area contributed by atoms with Crippen molar-refractivity contribution in [2.45, 2.75) is 13.5 Å². The predicted molar refractivity (Wildman–Crippen MR) is 104 cm³/mol. The van der Waals surface area contributed by atoms with E-state index in [0.29, 0.717) is 21.3 Å². The second kappa shape index (κ2) is 6.13. The molecule has 6 heteroatoms. The third-order valence-corrected chi connectivity index (χ3v) is 5.46. The average molecular weight is 366 g/mol. The number of hydrogen-bond donors (Lipinski definition) is 1. The van der Waals surface area contributed by atoms with E-state index in [-0.39, 0.29) is 11.8 Å². The minimum absolute atomic E-state index is 0.163. The standard InChI is InChI=1S/C19H14N2O2S2/c1-11-6-8-12(9-7-11)10-21-14-5-3-2-4-13(14)15(18(21)23)16-17(22)20-19(24)25-16/h2-9H,10H2,1H3,(H,20,22,24). The van der Waals surface area contributed by atoms with Crippen LogP contribution in [0.5, 0.6) is 0 Å². The minimum atomic E-state index is -0.301. The van der Waals surface area contributed by atoms with Crippen molar-refractivity contribution in [3.05, 3.63) is 70.1 Å². The molecule has 0 saturated carbocycles. The predicted octanol–water partition coefficient (Wildman–Crippen LogP) is 3.40. The molecule has 0 aromatic heterocycles. The van der Waals surface area contributed by atoms with Crippen LogP contribution in [0, 0.1) is 6.92 Å². The molecule has 0 radical (unpaired) electrons. The number of nitrogens with zero attached hydrogens (tertiary/aromatic N) is 1. The van der Waals surface area contributed by atoms with E-state index in [1.54, 1.807) is 4.90 Å². The fourth-order valence-electron chi connectivity index (χ4n) is 3.01. The van der Waals surface area contributed by atoms with Gasteiger partial charge < -0.3 is 10.2 Å². The normalized spacial score (nSPS) is 19.4. The monoisotopic (exact) mass is 366 g/mol. The van der Waals surface area contributed by atoms with Gasteiger partial charge in [0.15, 0.2) is 0 Å². The van der Waals surface area contributed by atoms with E-state index < -0.39 is 0 Å². The van der Waals surface area contributed by atoms with Crippen molar-refractivity contribution < 1.29 is 9.59 Å². The summed E-state index contributed by atoms with van der Waals surface area (Å²) in [5, 5.41) is 2.59. The summed E-state index contributed by atoms with van der Waals surface area (Å²) in [6, 6.07) is 15.6. The summed E-state index contributed by atoms with van der Waals surface area (Å²) >= 11 is 6.22. The fourth-order valence-corrected chi connectivity index (χ4v) is 4.13. The molecule has 0 atom stereocenters. The number of benzene rings is 2. The Morgan fingerprint density at radius 3 is 2.48 bits per heavy atom. The highest BCUT2D eigenvalue weighted by molar-refractivity contribution is 8.27. The first-order valence-corrected chi connectivity index (χ1v) is 9.01. The Balaban J connectivity index is 1.79. The van der Waals surface area contributed by atoms with E-state index in [1.165, 1.54) is 5.56 Å². The number of anilines is 1. The van der Waals surface area contributed by atoms with Gasteiger partial charge in [0.2, 0.25) is 0 Å². The van der Waals surface area contributed by atoms with Gasteiger partial charge in [-0.3, -0.25) is 9.59 Å². The number of aryl methyl sites for hydroxylation is 1. The van der Waals surface area contributed by atoms with Gasteiger partial charge in [-0.2, -0.15) is 0 Å². The molecule has 2 aliphatic heterocycles. The molecular formula is C19H14N2O2S2. The number of carbonyl (C=O) groups excluding carboxylic acids is 2. The quantitative estimate of drug-likeness (QED) is 0.654. The number of rotatable bonds is 2. The summed E-state index contributed by atoms with van der Waals surface area (Å²) in [5.41, 5.74) is 4.25. The van der Waals surface area contributed by atoms with Crippen molar-refractivity contribution in [2.24, 2.45) is 0 Å². The maximum atomic E-state index is 13.1. The van der Waals surface area contributed by atoms with Crippen molar-refractivity contribution in [1.29, 1.82) is 0 Å². The molecule has 4 rings (SSSR count). The highest BCUT2D eigenvalue weighted by atomic mass is 32.2. The van der Waals surface area contributed by atoms with Crippen LogP contribution in [0.3, 0.4) is 0 Å². The molecule has 124 valence electrons. The Labute approximate surface area is 154 Å². The second-order valence-electron chi connectivity index (χ2n) is 5.94. The van der Waals surface area contributed by atoms with Gasteiger partial charge in [0, 0.05) is 5.56 Å². The van der Waals surface area contributed by atoms with Crippen LogP contribution in [-0.2, 0) is 16.1 Å². The second-order valence-corrected chi connectivity index (χ2v) is 7.63. The van der Waals surface area contributed by atoms with Gasteiger partial charge in [-0.05, 0) is 18.6 Å². The van der Waals surface area contributed by atoms with Gasteiger partial charge in [0.25, 0.3) is 11.8 Å². The number of carbonyl (C=O) groups is 2. The van der Waals surface area contributed by atoms with Gasteiger partial charge >= 0.3 is 0 Å². The molecule has 4 nitrogen and oxygen atoms in total. The molecule has 2 heterocycles. The molecule has 0 unspecified atom stereocenters. The average Bonchev–Trinajstić information content (AvgIpc) is 3.06. The van der Waals surface area contributed by atoms with Gasteiger partial charge in [0.05, 0.1) is 22.7 Å². The van der Waals surface area contributed by atoms with E-state index in [4.69, 9.17) is 12.2 Å². The van der Waals surface area contributed by atoms with Crippen molar-refractivity contribution in [1.82, 2.24) is 5.32 Å². The van der Waals surface area contributed by atoms with Gasteiger partial charge in [-0.1, -0.05) is 72.0 Å². The fraction of sp³-hybridized carbons (Fsp3) is 0.105. The number of thiocarbonyl (C=S) groups is 1. The maximum absolute atomic E-state index is 13.1. The van der Waals surface area contributed by atoms with Crippen LogP contribution in [0.4, 0.5) is 5.69 Å².